The Morgan fingerprint density at radius 2 is 1.78 bits per heavy atom. The summed E-state index contributed by atoms with van der Waals surface area (Å²) in [5.41, 5.74) is 2.51. The van der Waals surface area contributed by atoms with Gasteiger partial charge in [0, 0.05) is 37.2 Å². The second-order valence-corrected chi connectivity index (χ2v) is 10.3. The summed E-state index contributed by atoms with van der Waals surface area (Å²) in [6.45, 7) is 1.97. The molecule has 0 spiro atoms. The number of hydrogen-bond acceptors (Lipinski definition) is 5. The first kappa shape index (κ1) is 25.2. The maximum Gasteiger partial charge on any atom is 0.251 e. The van der Waals surface area contributed by atoms with Crippen molar-refractivity contribution in [3.63, 3.8) is 0 Å². The van der Waals surface area contributed by atoms with Gasteiger partial charge >= 0.3 is 0 Å². The van der Waals surface area contributed by atoms with Crippen LogP contribution in [0.25, 0.3) is 5.65 Å². The third kappa shape index (κ3) is 5.94. The molecular weight excluding hydrogens is 478 g/mol. The highest BCUT2D eigenvalue weighted by Crippen LogP contribution is 2.42. The zero-order chi connectivity index (χ0) is 26.0. The number of carbonyl (C=O) groups is 2. The van der Waals surface area contributed by atoms with Crippen LogP contribution in [0, 0.1) is 11.8 Å². The highest BCUT2D eigenvalue weighted by Gasteiger charge is 2.39. The number of pyridine rings is 1. The zero-order valence-corrected chi connectivity index (χ0v) is 20.9. The van der Waals surface area contributed by atoms with E-state index in [2.05, 4.69) is 20.7 Å². The van der Waals surface area contributed by atoms with Crippen molar-refractivity contribution >= 4 is 17.5 Å². The predicted molar refractivity (Wildman–Crippen MR) is 133 cm³/mol. The van der Waals surface area contributed by atoms with Crippen molar-refractivity contribution in [3.8, 4) is 0 Å². The van der Waals surface area contributed by atoms with Gasteiger partial charge in [0.15, 0.2) is 5.65 Å². The number of nitrogens with zero attached hydrogens (tertiary/aromatic N) is 4. The number of fused-ring (bicyclic) bond motifs is 1. The minimum absolute atomic E-state index is 0.0243. The maximum absolute atomic E-state index is 13.9. The number of amides is 2. The molecule has 3 heterocycles. The average Bonchev–Trinajstić information content (AvgIpc) is 3.64. The van der Waals surface area contributed by atoms with Gasteiger partial charge in [0.1, 0.15) is 0 Å². The van der Waals surface area contributed by atoms with Crippen molar-refractivity contribution < 1.29 is 18.4 Å². The number of carbonyl (C=O) groups excluding carboxylic acids is 2. The molecule has 2 amide bonds. The molecule has 3 aromatic rings. The van der Waals surface area contributed by atoms with Gasteiger partial charge in [-0.1, -0.05) is 6.92 Å². The van der Waals surface area contributed by atoms with Gasteiger partial charge < -0.3 is 10.6 Å². The Bertz CT molecular complexity index is 1250. The summed E-state index contributed by atoms with van der Waals surface area (Å²) in [6.07, 6.45) is 10.1. The van der Waals surface area contributed by atoms with E-state index in [1.807, 2.05) is 13.0 Å². The van der Waals surface area contributed by atoms with Crippen LogP contribution < -0.4 is 10.6 Å². The molecule has 0 saturated heterocycles. The number of aromatic nitrogens is 4. The number of hydrogen-bond donors (Lipinski definition) is 2. The van der Waals surface area contributed by atoms with Crippen molar-refractivity contribution in [2.24, 2.45) is 11.8 Å². The van der Waals surface area contributed by atoms with E-state index in [1.165, 1.54) is 12.4 Å². The Morgan fingerprint density at radius 1 is 1.08 bits per heavy atom. The van der Waals surface area contributed by atoms with Crippen molar-refractivity contribution in [1.82, 2.24) is 30.2 Å². The molecular formula is C27H32F2N6O2. The molecule has 2 aliphatic carbocycles. The van der Waals surface area contributed by atoms with Crippen LogP contribution in [0.2, 0.25) is 0 Å². The molecule has 3 aromatic heterocycles. The fourth-order valence-corrected chi connectivity index (χ4v) is 5.16. The monoisotopic (exact) mass is 510 g/mol. The predicted octanol–water partition coefficient (Wildman–Crippen LogP) is 4.79. The van der Waals surface area contributed by atoms with Crippen LogP contribution in [-0.4, -0.2) is 37.3 Å². The summed E-state index contributed by atoms with van der Waals surface area (Å²) in [7, 11) is 0. The first-order chi connectivity index (χ1) is 17.8. The molecule has 10 heteroatoms. The van der Waals surface area contributed by atoms with E-state index in [9.17, 15) is 18.4 Å². The quantitative estimate of drug-likeness (QED) is 0.431. The van der Waals surface area contributed by atoms with E-state index in [1.54, 1.807) is 29.0 Å². The molecule has 0 unspecified atom stereocenters. The highest BCUT2D eigenvalue weighted by molar-refractivity contribution is 5.94. The lowest BCUT2D eigenvalue weighted by Gasteiger charge is -2.33. The molecule has 0 bridgehead atoms. The Labute approximate surface area is 214 Å². The van der Waals surface area contributed by atoms with Crippen LogP contribution in [-0.2, 0) is 4.79 Å². The number of halogens is 2. The number of imidazole rings is 1. The molecule has 2 atom stereocenters. The topological polar surface area (TPSA) is 101 Å². The zero-order valence-electron chi connectivity index (χ0n) is 20.9. The molecule has 2 aliphatic rings. The van der Waals surface area contributed by atoms with Crippen LogP contribution in [0.15, 0.2) is 43.0 Å². The number of nitrogens with one attached hydrogen (secondary N) is 2. The van der Waals surface area contributed by atoms with E-state index in [4.69, 9.17) is 4.98 Å². The third-order valence-corrected chi connectivity index (χ3v) is 7.39. The summed E-state index contributed by atoms with van der Waals surface area (Å²) < 4.78 is 29.5. The standard InChI is InChI=1S/C27H32F2N6O2/c1-2-3-23(36)33-24(17-4-5-17)20-14-22-32-21(16-35(22)31-15-20)25(18-6-10-27(28,29)11-7-18)34-26(37)19-8-12-30-13-9-19/h8-9,12-18,24-25H,2-7,10-11H2,1H3,(H,33,36)(H,34,37)/t24-,25+/m1/s1. The van der Waals surface area contributed by atoms with Gasteiger partial charge in [0.2, 0.25) is 11.8 Å². The molecule has 8 nitrogen and oxygen atoms in total. The summed E-state index contributed by atoms with van der Waals surface area (Å²) in [5.74, 6) is -2.75. The summed E-state index contributed by atoms with van der Waals surface area (Å²) in [5, 5.41) is 10.7. The molecule has 2 N–H and O–H groups in total. The van der Waals surface area contributed by atoms with Crippen LogP contribution in [0.5, 0.6) is 0 Å². The van der Waals surface area contributed by atoms with Crippen molar-refractivity contribution in [1.29, 1.82) is 0 Å². The first-order valence-electron chi connectivity index (χ1n) is 13.1. The summed E-state index contributed by atoms with van der Waals surface area (Å²) >= 11 is 0. The third-order valence-electron chi connectivity index (χ3n) is 7.39. The molecule has 5 rings (SSSR count). The lowest BCUT2D eigenvalue weighted by Crippen LogP contribution is -2.37. The highest BCUT2D eigenvalue weighted by atomic mass is 19.3. The van der Waals surface area contributed by atoms with E-state index < -0.39 is 12.0 Å². The van der Waals surface area contributed by atoms with Gasteiger partial charge in [0.05, 0.1) is 30.2 Å². The molecule has 37 heavy (non-hydrogen) atoms. The summed E-state index contributed by atoms with van der Waals surface area (Å²) in [6, 6.07) is 4.50. The Kier molecular flexibility index (Phi) is 7.17. The molecule has 2 saturated carbocycles. The second kappa shape index (κ2) is 10.5. The van der Waals surface area contributed by atoms with Crippen molar-refractivity contribution in [2.45, 2.75) is 76.3 Å². The van der Waals surface area contributed by atoms with Crippen LogP contribution in [0.4, 0.5) is 8.78 Å². The van der Waals surface area contributed by atoms with E-state index in [0.29, 0.717) is 29.2 Å². The number of alkyl halides is 2. The lowest BCUT2D eigenvalue weighted by atomic mass is 9.81. The van der Waals surface area contributed by atoms with Gasteiger partial charge in [-0.05, 0) is 67.7 Å². The fraction of sp³-hybridized carbons (Fsp3) is 0.519. The Balaban J connectivity index is 1.43. The smallest absolute Gasteiger partial charge is 0.251 e. The molecule has 0 aliphatic heterocycles. The summed E-state index contributed by atoms with van der Waals surface area (Å²) in [4.78, 5) is 34.1. The van der Waals surface area contributed by atoms with Crippen LogP contribution in [0.3, 0.4) is 0 Å². The largest absolute Gasteiger partial charge is 0.349 e. The molecule has 2 fully saturated rings. The minimum Gasteiger partial charge on any atom is -0.349 e. The van der Waals surface area contributed by atoms with E-state index in [-0.39, 0.29) is 49.5 Å². The van der Waals surface area contributed by atoms with E-state index >= 15 is 0 Å². The van der Waals surface area contributed by atoms with Crippen molar-refractivity contribution in [3.05, 3.63) is 59.8 Å². The van der Waals surface area contributed by atoms with E-state index in [0.717, 1.165) is 24.8 Å². The Morgan fingerprint density at radius 3 is 2.46 bits per heavy atom. The molecule has 0 radical (unpaired) electrons. The fourth-order valence-electron chi connectivity index (χ4n) is 5.16. The maximum atomic E-state index is 13.9. The van der Waals surface area contributed by atoms with Crippen molar-refractivity contribution in [2.75, 3.05) is 0 Å². The van der Waals surface area contributed by atoms with Gasteiger partial charge in [-0.3, -0.25) is 14.6 Å². The van der Waals surface area contributed by atoms with Crippen LogP contribution in [0.1, 0.15) is 92.0 Å². The van der Waals surface area contributed by atoms with Gasteiger partial charge in [-0.25, -0.2) is 18.3 Å². The van der Waals surface area contributed by atoms with Gasteiger partial charge in [-0.2, -0.15) is 5.10 Å². The van der Waals surface area contributed by atoms with Crippen LogP contribution >= 0.6 is 0 Å². The normalized spacial score (nSPS) is 19.3. The second-order valence-electron chi connectivity index (χ2n) is 10.3. The molecule has 196 valence electrons. The van der Waals surface area contributed by atoms with Gasteiger partial charge in [0.25, 0.3) is 5.91 Å². The lowest BCUT2D eigenvalue weighted by molar-refractivity contribution is -0.122. The minimum atomic E-state index is -2.68. The molecule has 0 aromatic carbocycles. The first-order valence-corrected chi connectivity index (χ1v) is 13.1. The number of rotatable bonds is 9. The Hall–Kier alpha value is -3.43. The SMILES string of the molecule is CCCC(=O)N[C@@H](c1cnn2cc([C@@H](NC(=O)c3ccncc3)C3CCC(F)(F)CC3)nc2c1)C1CC1. The van der Waals surface area contributed by atoms with Gasteiger partial charge in [-0.15, -0.1) is 0 Å². The average molecular weight is 511 g/mol.